The van der Waals surface area contributed by atoms with E-state index in [1.54, 1.807) is 17.2 Å². The molecule has 1 saturated carbocycles. The van der Waals surface area contributed by atoms with Crippen LogP contribution in [0.3, 0.4) is 0 Å². The molecule has 3 rings (SSSR count). The summed E-state index contributed by atoms with van der Waals surface area (Å²) in [6, 6.07) is 3.40. The minimum atomic E-state index is -0.204. The highest BCUT2D eigenvalue weighted by atomic mass is 79.9. The van der Waals surface area contributed by atoms with Crippen LogP contribution < -0.4 is 10.9 Å². The van der Waals surface area contributed by atoms with Gasteiger partial charge in [-0.2, -0.15) is 0 Å². The molecule has 1 unspecified atom stereocenters. The van der Waals surface area contributed by atoms with E-state index < -0.39 is 0 Å². The number of rotatable bonds is 4. The summed E-state index contributed by atoms with van der Waals surface area (Å²) in [5.74, 6) is -0.178. The van der Waals surface area contributed by atoms with Crippen LogP contribution in [0, 0.1) is 5.92 Å². The fourth-order valence-electron chi connectivity index (χ4n) is 3.86. The second-order valence-electron chi connectivity index (χ2n) is 7.34. The van der Waals surface area contributed by atoms with Crippen LogP contribution in [0.15, 0.2) is 27.6 Å². The first-order valence-corrected chi connectivity index (χ1v) is 10.3. The molecular weight excluding hydrogens is 398 g/mol. The number of likely N-dealkylation sites (tertiary alicyclic amines) is 1. The lowest BCUT2D eigenvalue weighted by molar-refractivity contribution is -0.136. The number of pyridine rings is 1. The summed E-state index contributed by atoms with van der Waals surface area (Å²) in [6.45, 7) is 1.10. The van der Waals surface area contributed by atoms with Crippen molar-refractivity contribution in [1.29, 1.82) is 0 Å². The quantitative estimate of drug-likeness (QED) is 0.807. The molecule has 1 aliphatic carbocycles. The summed E-state index contributed by atoms with van der Waals surface area (Å²) < 4.78 is 2.16. The molecule has 1 aromatic rings. The third kappa shape index (κ3) is 4.96. The zero-order valence-electron chi connectivity index (χ0n) is 15.0. The van der Waals surface area contributed by atoms with Gasteiger partial charge in [0, 0.05) is 35.9 Å². The molecule has 1 aliphatic heterocycles. The topological polar surface area (TPSA) is 71.4 Å². The molecule has 0 radical (unpaired) electrons. The second kappa shape index (κ2) is 8.84. The van der Waals surface area contributed by atoms with Crippen molar-refractivity contribution < 1.29 is 9.59 Å². The number of piperidine rings is 1. The summed E-state index contributed by atoms with van der Waals surface area (Å²) in [4.78, 5) is 38.8. The minimum absolute atomic E-state index is 0.00916. The Labute approximate surface area is 162 Å². The van der Waals surface area contributed by atoms with Crippen LogP contribution in [-0.4, -0.2) is 40.4 Å². The molecule has 1 atom stereocenters. The summed E-state index contributed by atoms with van der Waals surface area (Å²) in [5, 5.41) is 3.18. The number of halogens is 1. The average Bonchev–Trinajstić information content (AvgIpc) is 2.65. The van der Waals surface area contributed by atoms with Crippen molar-refractivity contribution in [2.24, 2.45) is 5.92 Å². The molecule has 2 aliphatic rings. The number of carbonyl (C=O) groups is 2. The Kier molecular flexibility index (Phi) is 6.51. The van der Waals surface area contributed by atoms with E-state index in [0.717, 1.165) is 30.2 Å². The largest absolute Gasteiger partial charge is 0.353 e. The third-order valence-corrected chi connectivity index (χ3v) is 5.82. The van der Waals surface area contributed by atoms with Gasteiger partial charge in [0.05, 0.1) is 5.92 Å². The number of carbonyl (C=O) groups excluding carboxylic acids is 2. The fourth-order valence-corrected chi connectivity index (χ4v) is 4.23. The van der Waals surface area contributed by atoms with Crippen LogP contribution in [-0.2, 0) is 16.1 Å². The first-order valence-electron chi connectivity index (χ1n) is 9.47. The predicted octanol–water partition coefficient (Wildman–Crippen LogP) is 2.30. The van der Waals surface area contributed by atoms with Crippen molar-refractivity contribution in [3.63, 3.8) is 0 Å². The van der Waals surface area contributed by atoms with Gasteiger partial charge < -0.3 is 14.8 Å². The van der Waals surface area contributed by atoms with Gasteiger partial charge in [-0.3, -0.25) is 14.4 Å². The Bertz CT molecular complexity index is 712. The van der Waals surface area contributed by atoms with E-state index in [2.05, 4.69) is 21.2 Å². The highest BCUT2D eigenvalue weighted by Gasteiger charge is 2.29. The molecule has 0 spiro atoms. The highest BCUT2D eigenvalue weighted by molar-refractivity contribution is 9.10. The van der Waals surface area contributed by atoms with Crippen LogP contribution in [0.25, 0.3) is 0 Å². The van der Waals surface area contributed by atoms with Crippen molar-refractivity contribution >= 4 is 27.7 Å². The second-order valence-corrected chi connectivity index (χ2v) is 8.25. The lowest BCUT2D eigenvalue weighted by Gasteiger charge is -2.33. The predicted molar refractivity (Wildman–Crippen MR) is 103 cm³/mol. The van der Waals surface area contributed by atoms with Gasteiger partial charge in [0.15, 0.2) is 0 Å². The standard InChI is InChI=1S/C19H26BrN3O3/c20-15-8-9-17(24)23(12-15)13-18(25)22-10-4-5-14(11-22)19(26)21-16-6-2-1-3-7-16/h8-9,12,14,16H,1-7,10-11,13H2,(H,21,26). The minimum Gasteiger partial charge on any atom is -0.353 e. The van der Waals surface area contributed by atoms with Gasteiger partial charge in [-0.25, -0.2) is 0 Å². The number of hydrogen-bond acceptors (Lipinski definition) is 3. The van der Waals surface area contributed by atoms with Crippen LogP contribution in [0.1, 0.15) is 44.9 Å². The van der Waals surface area contributed by atoms with E-state index in [-0.39, 0.29) is 29.8 Å². The number of nitrogens with zero attached hydrogens (tertiary/aromatic N) is 2. The first kappa shape index (κ1) is 19.1. The Balaban J connectivity index is 1.56. The Morgan fingerprint density at radius 1 is 1.12 bits per heavy atom. The lowest BCUT2D eigenvalue weighted by Crippen LogP contribution is -2.48. The lowest BCUT2D eigenvalue weighted by atomic mass is 9.93. The van der Waals surface area contributed by atoms with E-state index in [4.69, 9.17) is 0 Å². The van der Waals surface area contributed by atoms with Crippen molar-refractivity contribution in [3.05, 3.63) is 33.2 Å². The molecular formula is C19H26BrN3O3. The van der Waals surface area contributed by atoms with E-state index in [0.29, 0.717) is 19.1 Å². The van der Waals surface area contributed by atoms with Crippen molar-refractivity contribution in [2.45, 2.75) is 57.5 Å². The van der Waals surface area contributed by atoms with E-state index in [1.807, 2.05) is 0 Å². The van der Waals surface area contributed by atoms with Gasteiger partial charge in [-0.1, -0.05) is 19.3 Å². The van der Waals surface area contributed by atoms with Crippen LogP contribution in [0.5, 0.6) is 0 Å². The van der Waals surface area contributed by atoms with Crippen LogP contribution >= 0.6 is 15.9 Å². The Morgan fingerprint density at radius 2 is 1.88 bits per heavy atom. The molecule has 2 heterocycles. The average molecular weight is 424 g/mol. The zero-order valence-corrected chi connectivity index (χ0v) is 16.5. The zero-order chi connectivity index (χ0) is 18.5. The maximum Gasteiger partial charge on any atom is 0.251 e. The molecule has 2 fully saturated rings. The maximum absolute atomic E-state index is 12.6. The maximum atomic E-state index is 12.6. The van der Waals surface area contributed by atoms with Gasteiger partial charge in [0.25, 0.3) is 5.56 Å². The number of amides is 2. The third-order valence-electron chi connectivity index (χ3n) is 5.35. The van der Waals surface area contributed by atoms with Crippen molar-refractivity contribution in [1.82, 2.24) is 14.8 Å². The Morgan fingerprint density at radius 3 is 2.65 bits per heavy atom. The molecule has 6 nitrogen and oxygen atoms in total. The van der Waals surface area contributed by atoms with Gasteiger partial charge in [-0.15, -0.1) is 0 Å². The van der Waals surface area contributed by atoms with Crippen molar-refractivity contribution in [2.75, 3.05) is 13.1 Å². The number of hydrogen-bond donors (Lipinski definition) is 1. The van der Waals surface area contributed by atoms with Gasteiger partial charge in [-0.05, 0) is 47.7 Å². The molecule has 1 aromatic heterocycles. The molecule has 0 bridgehead atoms. The molecule has 2 amide bonds. The summed E-state index contributed by atoms with van der Waals surface area (Å²) in [5.41, 5.74) is -0.204. The van der Waals surface area contributed by atoms with E-state index in [9.17, 15) is 14.4 Å². The monoisotopic (exact) mass is 423 g/mol. The summed E-state index contributed by atoms with van der Waals surface area (Å²) in [7, 11) is 0. The normalized spacial score (nSPS) is 21.4. The highest BCUT2D eigenvalue weighted by Crippen LogP contribution is 2.21. The number of aromatic nitrogens is 1. The summed E-state index contributed by atoms with van der Waals surface area (Å²) >= 11 is 3.32. The van der Waals surface area contributed by atoms with Gasteiger partial charge in [0.1, 0.15) is 6.54 Å². The Hall–Kier alpha value is -1.63. The molecule has 1 N–H and O–H groups in total. The molecule has 7 heteroatoms. The van der Waals surface area contributed by atoms with Crippen LogP contribution in [0.4, 0.5) is 0 Å². The van der Waals surface area contributed by atoms with Gasteiger partial charge >= 0.3 is 0 Å². The van der Waals surface area contributed by atoms with Crippen LogP contribution in [0.2, 0.25) is 0 Å². The molecule has 26 heavy (non-hydrogen) atoms. The molecule has 142 valence electrons. The number of nitrogens with one attached hydrogen (secondary N) is 1. The fraction of sp³-hybridized carbons (Fsp3) is 0.632. The summed E-state index contributed by atoms with van der Waals surface area (Å²) in [6.07, 6.45) is 9.01. The van der Waals surface area contributed by atoms with E-state index in [1.165, 1.54) is 29.9 Å². The van der Waals surface area contributed by atoms with Crippen molar-refractivity contribution in [3.8, 4) is 0 Å². The molecule has 1 saturated heterocycles. The first-order chi connectivity index (χ1) is 12.5. The van der Waals surface area contributed by atoms with E-state index >= 15 is 0 Å². The smallest absolute Gasteiger partial charge is 0.251 e. The SMILES string of the molecule is O=C(NC1CCCCC1)C1CCCN(C(=O)Cn2cc(Br)ccc2=O)C1. The van der Waals surface area contributed by atoms with Gasteiger partial charge in [0.2, 0.25) is 11.8 Å². The molecule has 0 aromatic carbocycles.